The van der Waals surface area contributed by atoms with Crippen molar-refractivity contribution in [3.8, 4) is 5.75 Å². The fourth-order valence-electron chi connectivity index (χ4n) is 2.42. The summed E-state index contributed by atoms with van der Waals surface area (Å²) in [6, 6.07) is 6.09. The average Bonchev–Trinajstić information content (AvgIpc) is 2.89. The van der Waals surface area contributed by atoms with Crippen molar-refractivity contribution in [2.45, 2.75) is 19.4 Å². The van der Waals surface area contributed by atoms with E-state index in [4.69, 9.17) is 4.74 Å². The summed E-state index contributed by atoms with van der Waals surface area (Å²) in [7, 11) is 3.52. The number of thioether (sulfide) groups is 1. The number of ether oxygens (including phenoxy) is 1. The molecular formula is C16H22N2O2S. The predicted octanol–water partition coefficient (Wildman–Crippen LogP) is 2.93. The number of benzene rings is 1. The number of H-pyrrole nitrogens is 1. The Balaban J connectivity index is 2.22. The molecule has 0 saturated carbocycles. The van der Waals surface area contributed by atoms with E-state index in [9.17, 15) is 4.79 Å². The summed E-state index contributed by atoms with van der Waals surface area (Å²) in [4.78, 5) is 17.5. The third kappa shape index (κ3) is 3.35. The average molecular weight is 306 g/mol. The third-order valence-electron chi connectivity index (χ3n) is 3.77. The van der Waals surface area contributed by atoms with Crippen molar-refractivity contribution in [3.63, 3.8) is 0 Å². The molecule has 1 aromatic heterocycles. The number of carbonyl (C=O) groups excluding carboxylic acids is 1. The van der Waals surface area contributed by atoms with Crippen LogP contribution in [0.5, 0.6) is 5.75 Å². The molecule has 114 valence electrons. The van der Waals surface area contributed by atoms with Crippen LogP contribution in [0.3, 0.4) is 0 Å². The molecule has 1 atom stereocenters. The fourth-order valence-corrected chi connectivity index (χ4v) is 3.12. The van der Waals surface area contributed by atoms with Crippen LogP contribution in [0.15, 0.2) is 24.4 Å². The van der Waals surface area contributed by atoms with Crippen LogP contribution in [0.2, 0.25) is 0 Å². The maximum Gasteiger partial charge on any atom is 0.227 e. The Labute approximate surface area is 129 Å². The van der Waals surface area contributed by atoms with Gasteiger partial charge in [-0.1, -0.05) is 6.07 Å². The summed E-state index contributed by atoms with van der Waals surface area (Å²) >= 11 is 1.75. The van der Waals surface area contributed by atoms with Crippen molar-refractivity contribution in [3.05, 3.63) is 30.0 Å². The topological polar surface area (TPSA) is 45.3 Å². The highest BCUT2D eigenvalue weighted by atomic mass is 32.2. The van der Waals surface area contributed by atoms with Crippen molar-refractivity contribution in [2.75, 3.05) is 26.2 Å². The molecule has 0 bridgehead atoms. The standard InChI is InChI=1S/C16H22N2O2S/c1-11(10-21-4)18(2)15(19)8-12-9-17-13-6-5-7-14(20-3)16(12)13/h5-7,9,11,17H,8,10H2,1-4H3/t11-/m0/s1. The number of fused-ring (bicyclic) bond motifs is 1. The normalized spacial score (nSPS) is 12.4. The van der Waals surface area contributed by atoms with E-state index in [1.54, 1.807) is 18.9 Å². The molecule has 2 aromatic rings. The second kappa shape index (κ2) is 6.89. The molecular weight excluding hydrogens is 284 g/mol. The van der Waals surface area contributed by atoms with Crippen LogP contribution in [-0.4, -0.2) is 48.0 Å². The molecule has 1 heterocycles. The molecule has 0 spiro atoms. The van der Waals surface area contributed by atoms with E-state index < -0.39 is 0 Å². The first-order valence-corrected chi connectivity index (χ1v) is 8.35. The number of nitrogens with one attached hydrogen (secondary N) is 1. The summed E-state index contributed by atoms with van der Waals surface area (Å²) in [5, 5.41) is 0.999. The lowest BCUT2D eigenvalue weighted by Crippen LogP contribution is -2.37. The Morgan fingerprint density at radius 1 is 1.48 bits per heavy atom. The maximum absolute atomic E-state index is 12.4. The number of hydrogen-bond donors (Lipinski definition) is 1. The van der Waals surface area contributed by atoms with E-state index in [2.05, 4.69) is 18.2 Å². The van der Waals surface area contributed by atoms with Crippen molar-refractivity contribution >= 4 is 28.6 Å². The van der Waals surface area contributed by atoms with E-state index in [0.29, 0.717) is 6.42 Å². The lowest BCUT2D eigenvalue weighted by Gasteiger charge is -2.24. The number of nitrogens with zero attached hydrogens (tertiary/aromatic N) is 1. The first-order valence-electron chi connectivity index (χ1n) is 6.96. The Kier molecular flexibility index (Phi) is 5.17. The first-order chi connectivity index (χ1) is 10.1. The smallest absolute Gasteiger partial charge is 0.227 e. The number of amides is 1. The Morgan fingerprint density at radius 3 is 2.90 bits per heavy atom. The minimum absolute atomic E-state index is 0.128. The van der Waals surface area contributed by atoms with Crippen LogP contribution < -0.4 is 4.74 Å². The number of carbonyl (C=O) groups is 1. The van der Waals surface area contributed by atoms with Crippen LogP contribution in [0, 0.1) is 0 Å². The van der Waals surface area contributed by atoms with Gasteiger partial charge in [-0.2, -0.15) is 11.8 Å². The van der Waals surface area contributed by atoms with E-state index in [1.807, 2.05) is 36.3 Å². The van der Waals surface area contributed by atoms with Crippen LogP contribution in [0.1, 0.15) is 12.5 Å². The molecule has 0 unspecified atom stereocenters. The van der Waals surface area contributed by atoms with Gasteiger partial charge in [0.25, 0.3) is 0 Å². The molecule has 1 aromatic carbocycles. The molecule has 1 N–H and O–H groups in total. The summed E-state index contributed by atoms with van der Waals surface area (Å²) in [6.45, 7) is 2.07. The van der Waals surface area contributed by atoms with E-state index in [1.165, 1.54) is 0 Å². The Morgan fingerprint density at radius 2 is 2.24 bits per heavy atom. The van der Waals surface area contributed by atoms with Crippen LogP contribution >= 0.6 is 11.8 Å². The zero-order valence-corrected chi connectivity index (χ0v) is 13.8. The molecule has 21 heavy (non-hydrogen) atoms. The Bertz CT molecular complexity index is 624. The first kappa shape index (κ1) is 15.8. The number of hydrogen-bond acceptors (Lipinski definition) is 3. The van der Waals surface area contributed by atoms with Gasteiger partial charge in [-0.3, -0.25) is 4.79 Å². The maximum atomic E-state index is 12.4. The molecule has 0 aliphatic rings. The van der Waals surface area contributed by atoms with Gasteiger partial charge >= 0.3 is 0 Å². The quantitative estimate of drug-likeness (QED) is 0.892. The molecule has 1 amide bonds. The number of aromatic amines is 1. The van der Waals surface area contributed by atoms with E-state index in [0.717, 1.165) is 28.0 Å². The highest BCUT2D eigenvalue weighted by molar-refractivity contribution is 7.98. The van der Waals surface area contributed by atoms with Crippen molar-refractivity contribution < 1.29 is 9.53 Å². The number of likely N-dealkylation sites (N-methyl/N-ethyl adjacent to an activating group) is 1. The van der Waals surface area contributed by atoms with Crippen LogP contribution in [0.4, 0.5) is 0 Å². The van der Waals surface area contributed by atoms with Gasteiger partial charge < -0.3 is 14.6 Å². The van der Waals surface area contributed by atoms with E-state index in [-0.39, 0.29) is 11.9 Å². The minimum atomic E-state index is 0.128. The predicted molar refractivity (Wildman–Crippen MR) is 89.2 cm³/mol. The third-order valence-corrected chi connectivity index (χ3v) is 4.59. The molecule has 0 fully saturated rings. The van der Waals surface area contributed by atoms with Crippen molar-refractivity contribution in [1.29, 1.82) is 0 Å². The summed E-state index contributed by atoms with van der Waals surface area (Å²) in [5.41, 5.74) is 1.98. The SMILES string of the molecule is COc1cccc2[nH]cc(CC(=O)N(C)[C@@H](C)CSC)c12. The molecule has 0 aliphatic carbocycles. The van der Waals surface area contributed by atoms with Gasteiger partial charge in [0, 0.05) is 35.9 Å². The summed E-state index contributed by atoms with van der Waals surface area (Å²) in [6.07, 6.45) is 4.34. The lowest BCUT2D eigenvalue weighted by molar-refractivity contribution is -0.130. The second-order valence-electron chi connectivity index (χ2n) is 5.18. The minimum Gasteiger partial charge on any atom is -0.496 e. The zero-order chi connectivity index (χ0) is 15.4. The summed E-state index contributed by atoms with van der Waals surface area (Å²) in [5.74, 6) is 1.87. The highest BCUT2D eigenvalue weighted by Crippen LogP contribution is 2.29. The van der Waals surface area contributed by atoms with Crippen LogP contribution in [0.25, 0.3) is 10.9 Å². The molecule has 5 heteroatoms. The monoisotopic (exact) mass is 306 g/mol. The van der Waals surface area contributed by atoms with E-state index >= 15 is 0 Å². The van der Waals surface area contributed by atoms with Gasteiger partial charge in [-0.05, 0) is 30.9 Å². The highest BCUT2D eigenvalue weighted by Gasteiger charge is 2.18. The fraction of sp³-hybridized carbons (Fsp3) is 0.438. The molecule has 2 rings (SSSR count). The molecule has 0 saturated heterocycles. The zero-order valence-electron chi connectivity index (χ0n) is 13.0. The second-order valence-corrected chi connectivity index (χ2v) is 6.09. The molecule has 0 aliphatic heterocycles. The van der Waals surface area contributed by atoms with Crippen molar-refractivity contribution in [2.24, 2.45) is 0 Å². The van der Waals surface area contributed by atoms with Gasteiger partial charge in [-0.15, -0.1) is 0 Å². The lowest BCUT2D eigenvalue weighted by atomic mass is 10.1. The number of rotatable bonds is 6. The van der Waals surface area contributed by atoms with Gasteiger partial charge in [0.15, 0.2) is 0 Å². The van der Waals surface area contributed by atoms with Crippen LogP contribution in [-0.2, 0) is 11.2 Å². The number of aromatic nitrogens is 1. The van der Waals surface area contributed by atoms with Gasteiger partial charge in [0.1, 0.15) is 5.75 Å². The largest absolute Gasteiger partial charge is 0.496 e. The molecule has 4 nitrogen and oxygen atoms in total. The Hall–Kier alpha value is -1.62. The molecule has 0 radical (unpaired) electrons. The summed E-state index contributed by atoms with van der Waals surface area (Å²) < 4.78 is 5.41. The van der Waals surface area contributed by atoms with Gasteiger partial charge in [0.05, 0.1) is 13.5 Å². The number of methoxy groups -OCH3 is 1. The van der Waals surface area contributed by atoms with Gasteiger partial charge in [0.2, 0.25) is 5.91 Å². The van der Waals surface area contributed by atoms with Gasteiger partial charge in [-0.25, -0.2) is 0 Å². The van der Waals surface area contributed by atoms with Crippen molar-refractivity contribution in [1.82, 2.24) is 9.88 Å².